The highest BCUT2D eigenvalue weighted by atomic mass is 16.5. The summed E-state index contributed by atoms with van der Waals surface area (Å²) in [4.78, 5) is 0. The molecule has 1 saturated carbocycles. The number of rotatable bonds is 5. The zero-order valence-corrected chi connectivity index (χ0v) is 12.1. The molecule has 1 aliphatic heterocycles. The van der Waals surface area contributed by atoms with Crippen LogP contribution in [0.3, 0.4) is 0 Å². The average molecular weight is 261 g/mol. The molecule has 0 spiro atoms. The van der Waals surface area contributed by atoms with E-state index in [4.69, 9.17) is 9.47 Å². The Morgan fingerprint density at radius 1 is 1.26 bits per heavy atom. The lowest BCUT2D eigenvalue weighted by Gasteiger charge is -2.43. The summed E-state index contributed by atoms with van der Waals surface area (Å²) >= 11 is 0. The highest BCUT2D eigenvalue weighted by Crippen LogP contribution is 2.38. The fraction of sp³-hybridized carbons (Fsp3) is 0.625. The van der Waals surface area contributed by atoms with Crippen LogP contribution in [0.5, 0.6) is 5.75 Å². The minimum absolute atomic E-state index is 0.170. The van der Waals surface area contributed by atoms with Gasteiger partial charge in [0.15, 0.2) is 0 Å². The van der Waals surface area contributed by atoms with Gasteiger partial charge >= 0.3 is 0 Å². The lowest BCUT2D eigenvalue weighted by molar-refractivity contribution is -0.0595. The average Bonchev–Trinajstić information content (AvgIpc) is 3.17. The summed E-state index contributed by atoms with van der Waals surface area (Å²) in [5.74, 6) is 0.979. The number of ether oxygens (including phenoxy) is 2. The fourth-order valence-corrected chi connectivity index (χ4v) is 2.92. The fourth-order valence-electron chi connectivity index (χ4n) is 2.92. The van der Waals surface area contributed by atoms with Crippen LogP contribution in [0.25, 0.3) is 0 Å². The van der Waals surface area contributed by atoms with Gasteiger partial charge in [0, 0.05) is 12.6 Å². The molecule has 0 amide bonds. The molecule has 1 aliphatic carbocycles. The van der Waals surface area contributed by atoms with E-state index in [-0.39, 0.29) is 5.41 Å². The van der Waals surface area contributed by atoms with Crippen LogP contribution in [0.2, 0.25) is 0 Å². The quantitative estimate of drug-likeness (QED) is 0.882. The van der Waals surface area contributed by atoms with Crippen LogP contribution in [0.15, 0.2) is 12.1 Å². The van der Waals surface area contributed by atoms with Crippen molar-refractivity contribution in [2.45, 2.75) is 38.1 Å². The summed E-state index contributed by atoms with van der Waals surface area (Å²) in [7, 11) is 1.73. The molecule has 1 aromatic carbocycles. The molecule has 3 heteroatoms. The van der Waals surface area contributed by atoms with Gasteiger partial charge in [-0.2, -0.15) is 0 Å². The van der Waals surface area contributed by atoms with E-state index < -0.39 is 0 Å². The highest BCUT2D eigenvalue weighted by molar-refractivity contribution is 5.47. The zero-order valence-electron chi connectivity index (χ0n) is 12.1. The molecule has 0 unspecified atom stereocenters. The molecule has 2 fully saturated rings. The first-order chi connectivity index (χ1) is 9.16. The first-order valence-electron chi connectivity index (χ1n) is 7.12. The third kappa shape index (κ3) is 2.26. The second kappa shape index (κ2) is 4.80. The Hall–Kier alpha value is -1.06. The van der Waals surface area contributed by atoms with Gasteiger partial charge in [0.1, 0.15) is 5.75 Å². The van der Waals surface area contributed by atoms with Gasteiger partial charge in [0.25, 0.3) is 0 Å². The predicted octanol–water partition coefficient (Wildman–Crippen LogP) is 2.33. The molecule has 1 N–H and O–H groups in total. The second-order valence-electron chi connectivity index (χ2n) is 5.99. The van der Waals surface area contributed by atoms with Gasteiger partial charge < -0.3 is 14.8 Å². The molecule has 19 heavy (non-hydrogen) atoms. The van der Waals surface area contributed by atoms with Crippen LogP contribution in [0.1, 0.15) is 29.5 Å². The summed E-state index contributed by atoms with van der Waals surface area (Å²) in [6, 6.07) is 5.06. The van der Waals surface area contributed by atoms with Crippen LogP contribution >= 0.6 is 0 Å². The molecule has 1 aromatic rings. The standard InChI is InChI=1S/C16H23NO2/c1-11-12(2)15(18-3)7-6-14(11)16(9-19-10-16)8-17-13-4-5-13/h6-7,13,17H,4-5,8-10H2,1-3H3. The molecule has 2 aliphatic rings. The molecule has 1 heterocycles. The van der Waals surface area contributed by atoms with Crippen LogP contribution in [0, 0.1) is 13.8 Å². The Morgan fingerprint density at radius 2 is 2.00 bits per heavy atom. The first kappa shape index (κ1) is 12.9. The van der Waals surface area contributed by atoms with Crippen molar-refractivity contribution in [1.82, 2.24) is 5.32 Å². The Labute approximate surface area is 115 Å². The molecule has 0 atom stereocenters. The molecule has 0 bridgehead atoms. The summed E-state index contributed by atoms with van der Waals surface area (Å²) in [5, 5.41) is 3.66. The van der Waals surface area contributed by atoms with Crippen molar-refractivity contribution < 1.29 is 9.47 Å². The number of benzene rings is 1. The molecule has 1 saturated heterocycles. The van der Waals surface area contributed by atoms with E-state index in [0.717, 1.165) is 31.5 Å². The second-order valence-corrected chi connectivity index (χ2v) is 5.99. The molecule has 104 valence electrons. The summed E-state index contributed by atoms with van der Waals surface area (Å²) in [5.41, 5.74) is 4.19. The Bertz CT molecular complexity index is 476. The van der Waals surface area contributed by atoms with Gasteiger partial charge in [-0.3, -0.25) is 0 Å². The maximum absolute atomic E-state index is 5.53. The molecule has 0 aromatic heterocycles. The van der Waals surface area contributed by atoms with Gasteiger partial charge in [-0.05, 0) is 49.4 Å². The number of methoxy groups -OCH3 is 1. The van der Waals surface area contributed by atoms with Crippen molar-refractivity contribution >= 4 is 0 Å². The van der Waals surface area contributed by atoms with Crippen LogP contribution in [0.4, 0.5) is 0 Å². The van der Waals surface area contributed by atoms with Gasteiger partial charge in [-0.15, -0.1) is 0 Å². The van der Waals surface area contributed by atoms with Gasteiger partial charge in [-0.25, -0.2) is 0 Å². The first-order valence-corrected chi connectivity index (χ1v) is 7.12. The van der Waals surface area contributed by atoms with Crippen molar-refractivity contribution in [3.63, 3.8) is 0 Å². The SMILES string of the molecule is COc1ccc(C2(CNC3CC3)COC2)c(C)c1C. The van der Waals surface area contributed by atoms with Crippen LogP contribution in [-0.4, -0.2) is 32.9 Å². The predicted molar refractivity (Wildman–Crippen MR) is 76.0 cm³/mol. The number of hydrogen-bond donors (Lipinski definition) is 1. The van der Waals surface area contributed by atoms with E-state index in [1.807, 2.05) is 0 Å². The van der Waals surface area contributed by atoms with Gasteiger partial charge in [0.2, 0.25) is 0 Å². The Kier molecular flexibility index (Phi) is 3.27. The largest absolute Gasteiger partial charge is 0.496 e. The van der Waals surface area contributed by atoms with Crippen LogP contribution < -0.4 is 10.1 Å². The lowest BCUT2D eigenvalue weighted by Crippen LogP contribution is -2.54. The zero-order chi connectivity index (χ0) is 13.5. The smallest absolute Gasteiger partial charge is 0.122 e. The third-order valence-corrected chi connectivity index (χ3v) is 4.59. The minimum atomic E-state index is 0.170. The molecule has 3 rings (SSSR count). The third-order valence-electron chi connectivity index (χ3n) is 4.59. The van der Waals surface area contributed by atoms with Crippen molar-refractivity contribution in [3.05, 3.63) is 28.8 Å². The van der Waals surface area contributed by atoms with E-state index in [1.54, 1.807) is 7.11 Å². The maximum atomic E-state index is 5.53. The van der Waals surface area contributed by atoms with Gasteiger partial charge in [-0.1, -0.05) is 6.07 Å². The number of nitrogens with one attached hydrogen (secondary N) is 1. The van der Waals surface area contributed by atoms with Crippen molar-refractivity contribution in [3.8, 4) is 5.75 Å². The molecule has 3 nitrogen and oxygen atoms in total. The summed E-state index contributed by atoms with van der Waals surface area (Å²) < 4.78 is 10.9. The van der Waals surface area contributed by atoms with E-state index in [0.29, 0.717) is 0 Å². The van der Waals surface area contributed by atoms with E-state index in [9.17, 15) is 0 Å². The normalized spacial score (nSPS) is 21.0. The van der Waals surface area contributed by atoms with E-state index >= 15 is 0 Å². The summed E-state index contributed by atoms with van der Waals surface area (Å²) in [6.45, 7) is 7.03. The van der Waals surface area contributed by atoms with Crippen molar-refractivity contribution in [2.75, 3.05) is 26.9 Å². The van der Waals surface area contributed by atoms with E-state index in [2.05, 4.69) is 31.3 Å². The van der Waals surface area contributed by atoms with Crippen molar-refractivity contribution in [2.24, 2.45) is 0 Å². The molecular weight excluding hydrogens is 238 g/mol. The lowest BCUT2D eigenvalue weighted by atomic mass is 9.75. The van der Waals surface area contributed by atoms with Crippen LogP contribution in [-0.2, 0) is 10.2 Å². The maximum Gasteiger partial charge on any atom is 0.122 e. The molecular formula is C16H23NO2. The minimum Gasteiger partial charge on any atom is -0.496 e. The molecule has 0 radical (unpaired) electrons. The summed E-state index contributed by atoms with van der Waals surface area (Å²) in [6.07, 6.45) is 2.66. The number of hydrogen-bond acceptors (Lipinski definition) is 3. The van der Waals surface area contributed by atoms with Crippen molar-refractivity contribution in [1.29, 1.82) is 0 Å². The Morgan fingerprint density at radius 3 is 2.53 bits per heavy atom. The topological polar surface area (TPSA) is 30.5 Å². The van der Waals surface area contributed by atoms with E-state index in [1.165, 1.54) is 29.5 Å². The Balaban J connectivity index is 1.87. The van der Waals surface area contributed by atoms with Gasteiger partial charge in [0.05, 0.1) is 25.7 Å². The highest BCUT2D eigenvalue weighted by Gasteiger charge is 2.42. The monoisotopic (exact) mass is 261 g/mol.